The third kappa shape index (κ3) is 6.90. The van der Waals surface area contributed by atoms with Gasteiger partial charge in [-0.05, 0) is 50.2 Å². The number of rotatable bonds is 9. The van der Waals surface area contributed by atoms with E-state index < -0.39 is 24.3 Å². The summed E-state index contributed by atoms with van der Waals surface area (Å²) in [5.41, 5.74) is 1.02. The number of halogens is 1. The van der Waals surface area contributed by atoms with E-state index in [1.54, 1.807) is 47.4 Å². The van der Waals surface area contributed by atoms with Gasteiger partial charge in [-0.3, -0.25) is 14.4 Å². The van der Waals surface area contributed by atoms with Crippen LogP contribution in [0, 0.1) is 5.82 Å². The molecule has 0 saturated heterocycles. The first-order chi connectivity index (χ1) is 13.9. The molecule has 0 aliphatic rings. The number of benzene rings is 2. The smallest absolute Gasteiger partial charge is 0.316 e. The van der Waals surface area contributed by atoms with Crippen LogP contribution >= 0.6 is 11.8 Å². The lowest BCUT2D eigenvalue weighted by Crippen LogP contribution is -2.30. The number of esters is 1. The Kier molecular flexibility index (Phi) is 8.67. The fraction of sp³-hybridized carbons (Fsp3) is 0.286. The van der Waals surface area contributed by atoms with Crippen LogP contribution in [0.5, 0.6) is 0 Å². The first kappa shape index (κ1) is 22.4. The third-order valence-electron chi connectivity index (χ3n) is 4.01. The number of ether oxygens (including phenoxy) is 1. The van der Waals surface area contributed by atoms with E-state index >= 15 is 0 Å². The Labute approximate surface area is 173 Å². The molecule has 0 unspecified atom stereocenters. The van der Waals surface area contributed by atoms with E-state index in [0.717, 1.165) is 11.8 Å². The minimum Gasteiger partial charge on any atom is -0.455 e. The first-order valence-corrected chi connectivity index (χ1v) is 10.1. The van der Waals surface area contributed by atoms with Crippen LogP contribution in [-0.2, 0) is 14.3 Å². The zero-order valence-electron chi connectivity index (χ0n) is 16.3. The zero-order valence-corrected chi connectivity index (χ0v) is 17.1. The second kappa shape index (κ2) is 11.2. The van der Waals surface area contributed by atoms with Gasteiger partial charge in [-0.1, -0.05) is 12.1 Å². The molecule has 0 bridgehead atoms. The van der Waals surface area contributed by atoms with Gasteiger partial charge in [0.1, 0.15) is 5.82 Å². The molecule has 2 rings (SSSR count). The largest absolute Gasteiger partial charge is 0.455 e. The van der Waals surface area contributed by atoms with Gasteiger partial charge in [0.25, 0.3) is 11.8 Å². The number of carbonyl (C=O) groups is 3. The molecule has 6 nitrogen and oxygen atoms in total. The maximum Gasteiger partial charge on any atom is 0.316 e. The SMILES string of the molecule is CCN(CC)C(=O)c1ccc(NC(=O)COC(=O)CSc2ccccc2F)cc1. The number of nitrogens with one attached hydrogen (secondary N) is 1. The van der Waals surface area contributed by atoms with Crippen molar-refractivity contribution in [3.05, 3.63) is 59.9 Å². The van der Waals surface area contributed by atoms with Gasteiger partial charge in [0.15, 0.2) is 6.61 Å². The normalized spacial score (nSPS) is 10.3. The van der Waals surface area contributed by atoms with Crippen LogP contribution < -0.4 is 5.32 Å². The van der Waals surface area contributed by atoms with E-state index in [-0.39, 0.29) is 11.7 Å². The van der Waals surface area contributed by atoms with Crippen molar-refractivity contribution in [2.75, 3.05) is 30.8 Å². The van der Waals surface area contributed by atoms with E-state index in [2.05, 4.69) is 5.32 Å². The van der Waals surface area contributed by atoms with Crippen LogP contribution in [0.15, 0.2) is 53.4 Å². The predicted molar refractivity (Wildman–Crippen MR) is 110 cm³/mol. The number of thioether (sulfide) groups is 1. The number of amides is 2. The first-order valence-electron chi connectivity index (χ1n) is 9.16. The number of hydrogen-bond acceptors (Lipinski definition) is 5. The number of carbonyl (C=O) groups excluding carboxylic acids is 3. The molecule has 0 aliphatic heterocycles. The molecule has 2 aromatic rings. The maximum absolute atomic E-state index is 13.5. The molecule has 2 aromatic carbocycles. The number of anilines is 1. The molecule has 8 heteroatoms. The summed E-state index contributed by atoms with van der Waals surface area (Å²) in [4.78, 5) is 38.0. The lowest BCUT2D eigenvalue weighted by Gasteiger charge is -2.18. The molecule has 0 saturated carbocycles. The van der Waals surface area contributed by atoms with Crippen molar-refractivity contribution in [2.24, 2.45) is 0 Å². The van der Waals surface area contributed by atoms with Crippen LogP contribution in [-0.4, -0.2) is 48.1 Å². The summed E-state index contributed by atoms with van der Waals surface area (Å²) in [5.74, 6) is -1.71. The Morgan fingerprint density at radius 1 is 1.03 bits per heavy atom. The van der Waals surface area contributed by atoms with Gasteiger partial charge < -0.3 is 15.0 Å². The highest BCUT2D eigenvalue weighted by Crippen LogP contribution is 2.21. The van der Waals surface area contributed by atoms with Gasteiger partial charge in [0.2, 0.25) is 0 Å². The average molecular weight is 418 g/mol. The van der Waals surface area contributed by atoms with Gasteiger partial charge in [0.05, 0.1) is 5.75 Å². The second-order valence-corrected chi connectivity index (χ2v) is 7.00. The van der Waals surface area contributed by atoms with Crippen molar-refractivity contribution < 1.29 is 23.5 Å². The minimum absolute atomic E-state index is 0.0749. The summed E-state index contributed by atoms with van der Waals surface area (Å²) in [6.07, 6.45) is 0. The molecule has 154 valence electrons. The summed E-state index contributed by atoms with van der Waals surface area (Å²) in [7, 11) is 0. The quantitative estimate of drug-likeness (QED) is 0.498. The van der Waals surface area contributed by atoms with E-state index in [4.69, 9.17) is 4.74 Å². The Bertz CT molecular complexity index is 854. The fourth-order valence-corrected chi connectivity index (χ4v) is 3.21. The molecule has 0 radical (unpaired) electrons. The molecule has 0 atom stereocenters. The van der Waals surface area contributed by atoms with E-state index in [1.165, 1.54) is 6.07 Å². The summed E-state index contributed by atoms with van der Waals surface area (Å²) >= 11 is 1.00. The second-order valence-electron chi connectivity index (χ2n) is 5.98. The Morgan fingerprint density at radius 2 is 1.69 bits per heavy atom. The molecule has 1 N–H and O–H groups in total. The van der Waals surface area contributed by atoms with Gasteiger partial charge in [-0.25, -0.2) is 4.39 Å². The van der Waals surface area contributed by atoms with Crippen molar-refractivity contribution >= 4 is 35.2 Å². The van der Waals surface area contributed by atoms with Gasteiger partial charge in [0, 0.05) is 29.2 Å². The molecule has 2 amide bonds. The van der Waals surface area contributed by atoms with Crippen LogP contribution in [0.1, 0.15) is 24.2 Å². The standard InChI is InChI=1S/C21H23FN2O4S/c1-3-24(4-2)21(27)15-9-11-16(12-10-15)23-19(25)13-28-20(26)14-29-18-8-6-5-7-17(18)22/h5-12H,3-4,13-14H2,1-2H3,(H,23,25). The number of hydrogen-bond donors (Lipinski definition) is 1. The molecule has 0 heterocycles. The summed E-state index contributed by atoms with van der Waals surface area (Å²) in [6, 6.07) is 12.6. The van der Waals surface area contributed by atoms with Gasteiger partial charge in [-0.2, -0.15) is 0 Å². The molecule has 0 fully saturated rings. The Morgan fingerprint density at radius 3 is 2.31 bits per heavy atom. The third-order valence-corrected chi connectivity index (χ3v) is 5.03. The van der Waals surface area contributed by atoms with Crippen LogP contribution in [0.3, 0.4) is 0 Å². The molecular formula is C21H23FN2O4S. The van der Waals surface area contributed by atoms with E-state index in [1.807, 2.05) is 13.8 Å². The minimum atomic E-state index is -0.617. The summed E-state index contributed by atoms with van der Waals surface area (Å²) in [5, 5.41) is 2.60. The van der Waals surface area contributed by atoms with Crippen molar-refractivity contribution in [2.45, 2.75) is 18.7 Å². The topological polar surface area (TPSA) is 75.7 Å². The highest BCUT2D eigenvalue weighted by molar-refractivity contribution is 8.00. The maximum atomic E-state index is 13.5. The van der Waals surface area contributed by atoms with Crippen LogP contribution in [0.4, 0.5) is 10.1 Å². The lowest BCUT2D eigenvalue weighted by molar-refractivity contribution is -0.144. The van der Waals surface area contributed by atoms with Crippen molar-refractivity contribution in [1.82, 2.24) is 4.90 Å². The van der Waals surface area contributed by atoms with E-state index in [0.29, 0.717) is 29.2 Å². The highest BCUT2D eigenvalue weighted by Gasteiger charge is 2.13. The molecular weight excluding hydrogens is 395 g/mol. The van der Waals surface area contributed by atoms with Crippen molar-refractivity contribution in [3.63, 3.8) is 0 Å². The number of nitrogens with zero attached hydrogens (tertiary/aromatic N) is 1. The Hall–Kier alpha value is -2.87. The van der Waals surface area contributed by atoms with Crippen LogP contribution in [0.2, 0.25) is 0 Å². The molecule has 0 spiro atoms. The molecule has 29 heavy (non-hydrogen) atoms. The van der Waals surface area contributed by atoms with Crippen molar-refractivity contribution in [3.8, 4) is 0 Å². The predicted octanol–water partition coefficient (Wildman–Crippen LogP) is 3.58. The Balaban J connectivity index is 1.78. The van der Waals surface area contributed by atoms with Crippen molar-refractivity contribution in [1.29, 1.82) is 0 Å². The lowest BCUT2D eigenvalue weighted by atomic mass is 10.2. The molecule has 0 aromatic heterocycles. The van der Waals surface area contributed by atoms with E-state index in [9.17, 15) is 18.8 Å². The molecule has 0 aliphatic carbocycles. The van der Waals surface area contributed by atoms with Gasteiger partial charge >= 0.3 is 5.97 Å². The van der Waals surface area contributed by atoms with Gasteiger partial charge in [-0.15, -0.1) is 11.8 Å². The monoisotopic (exact) mass is 418 g/mol. The summed E-state index contributed by atoms with van der Waals surface area (Å²) < 4.78 is 18.4. The average Bonchev–Trinajstić information content (AvgIpc) is 2.73. The highest BCUT2D eigenvalue weighted by atomic mass is 32.2. The summed E-state index contributed by atoms with van der Waals surface area (Å²) in [6.45, 7) is 4.61. The fourth-order valence-electron chi connectivity index (χ4n) is 2.47. The zero-order chi connectivity index (χ0) is 21.2. The van der Waals surface area contributed by atoms with Crippen LogP contribution in [0.25, 0.3) is 0 Å².